The Hall–Kier alpha value is -4.61. The molecule has 0 bridgehead atoms. The van der Waals surface area contributed by atoms with E-state index in [1.54, 1.807) is 12.1 Å². The van der Waals surface area contributed by atoms with Crippen molar-refractivity contribution >= 4 is 17.3 Å². The summed E-state index contributed by atoms with van der Waals surface area (Å²) in [7, 11) is 0. The number of alkyl halides is 3. The Morgan fingerprint density at radius 2 is 1.73 bits per heavy atom. The highest BCUT2D eigenvalue weighted by Crippen LogP contribution is 2.36. The summed E-state index contributed by atoms with van der Waals surface area (Å²) in [5.41, 5.74) is -0.0707. The number of carbonyl (C=O) groups excluding carboxylic acids is 3. The maximum atomic E-state index is 14.3. The summed E-state index contributed by atoms with van der Waals surface area (Å²) in [4.78, 5) is 42.0. The first-order chi connectivity index (χ1) is 20.8. The second-order valence-corrected chi connectivity index (χ2v) is 10.8. The third-order valence-electron chi connectivity index (χ3n) is 7.54. The smallest absolute Gasteiger partial charge is 0.299 e. The quantitative estimate of drug-likeness (QED) is 0.156. The molecule has 4 aromatic rings. The van der Waals surface area contributed by atoms with Gasteiger partial charge in [0, 0.05) is 48.6 Å². The van der Waals surface area contributed by atoms with Gasteiger partial charge in [0.15, 0.2) is 17.3 Å². The molecule has 0 N–H and O–H groups in total. The van der Waals surface area contributed by atoms with Crippen LogP contribution in [0.5, 0.6) is 0 Å². The second-order valence-electron chi connectivity index (χ2n) is 10.8. The van der Waals surface area contributed by atoms with Crippen LogP contribution in [0.4, 0.5) is 26.3 Å². The van der Waals surface area contributed by atoms with E-state index < -0.39 is 53.4 Å². The number of aromatic nitrogens is 3. The van der Waals surface area contributed by atoms with Crippen molar-refractivity contribution < 1.29 is 40.7 Å². The molecule has 2 aromatic heterocycles. The molecule has 0 spiro atoms. The first-order valence-electron chi connectivity index (χ1n) is 13.7. The van der Waals surface area contributed by atoms with E-state index in [2.05, 4.69) is 10.1 Å². The number of halogens is 6. The Bertz CT molecular complexity index is 1760. The van der Waals surface area contributed by atoms with Gasteiger partial charge >= 0.3 is 6.18 Å². The van der Waals surface area contributed by atoms with E-state index in [1.165, 1.54) is 25.3 Å². The lowest BCUT2D eigenvalue weighted by Gasteiger charge is -2.20. The molecule has 0 aliphatic heterocycles. The van der Waals surface area contributed by atoms with Crippen molar-refractivity contribution in [2.75, 3.05) is 0 Å². The first-order valence-corrected chi connectivity index (χ1v) is 13.7. The number of carbonyl (C=O) groups is 3. The molecule has 6 nitrogen and oxygen atoms in total. The maximum absolute atomic E-state index is 14.3. The molecule has 1 aliphatic carbocycles. The van der Waals surface area contributed by atoms with E-state index >= 15 is 0 Å². The van der Waals surface area contributed by atoms with Gasteiger partial charge in [0.05, 0.1) is 23.5 Å². The molecule has 5 rings (SSSR count). The zero-order valence-corrected chi connectivity index (χ0v) is 23.4. The lowest BCUT2D eigenvalue weighted by atomic mass is 9.86. The van der Waals surface area contributed by atoms with Crippen LogP contribution < -0.4 is 0 Å². The Balaban J connectivity index is 1.53. The van der Waals surface area contributed by atoms with Crippen molar-refractivity contribution in [3.63, 3.8) is 0 Å². The summed E-state index contributed by atoms with van der Waals surface area (Å²) in [6, 6.07) is 9.99. The highest BCUT2D eigenvalue weighted by atomic mass is 19.4. The molecule has 0 saturated heterocycles. The van der Waals surface area contributed by atoms with Gasteiger partial charge in [0.2, 0.25) is 0 Å². The molecule has 1 aliphatic rings. The van der Waals surface area contributed by atoms with Crippen LogP contribution in [0.15, 0.2) is 54.7 Å². The van der Waals surface area contributed by atoms with E-state index in [0.29, 0.717) is 22.9 Å². The van der Waals surface area contributed by atoms with Crippen LogP contribution in [0.2, 0.25) is 0 Å². The van der Waals surface area contributed by atoms with E-state index in [1.807, 2.05) is 0 Å². The largest absolute Gasteiger partial charge is 0.435 e. The van der Waals surface area contributed by atoms with E-state index in [9.17, 15) is 40.7 Å². The molecular formula is C32H25F6N3O3. The molecular weight excluding hydrogens is 588 g/mol. The number of hydrogen-bond acceptors (Lipinski definition) is 5. The van der Waals surface area contributed by atoms with Gasteiger partial charge in [-0.05, 0) is 61.2 Å². The Morgan fingerprint density at radius 1 is 1.00 bits per heavy atom. The van der Waals surface area contributed by atoms with Crippen LogP contribution in [0, 0.1) is 17.5 Å². The van der Waals surface area contributed by atoms with Gasteiger partial charge in [-0.3, -0.25) is 24.0 Å². The minimum absolute atomic E-state index is 0.0345. The minimum atomic E-state index is -4.78. The lowest BCUT2D eigenvalue weighted by Crippen LogP contribution is -2.21. The van der Waals surface area contributed by atoms with Crippen molar-refractivity contribution in [1.82, 2.24) is 14.8 Å². The summed E-state index contributed by atoms with van der Waals surface area (Å²) < 4.78 is 84.6. The van der Waals surface area contributed by atoms with Gasteiger partial charge in [-0.1, -0.05) is 12.1 Å². The summed E-state index contributed by atoms with van der Waals surface area (Å²) in [6.45, 7) is 0.630. The lowest BCUT2D eigenvalue weighted by molar-refractivity contribution is -0.142. The molecule has 2 aromatic carbocycles. The molecule has 228 valence electrons. The van der Waals surface area contributed by atoms with E-state index in [-0.39, 0.29) is 60.3 Å². The molecule has 0 radical (unpaired) electrons. The van der Waals surface area contributed by atoms with Crippen molar-refractivity contribution in [1.29, 1.82) is 0 Å². The summed E-state index contributed by atoms with van der Waals surface area (Å²) in [5.74, 6) is -4.62. The number of hydrogen-bond donors (Lipinski definition) is 0. The standard InChI is InChI=1S/C32H25F6N3O3/c1-17(42)27-13-19(4-7-28(27)35)25-3-2-8-39-30(25)20(9-18-10-21(33)14-22(34)11-18)12-24(44)16-41-29-15-23(43)5-6-26(29)31(40-41)32(36,37)38/h2-4,7-8,10-11,13-14,20H,5-6,9,12,15-16H2,1H3/t20-/m1/s1. The first kappa shape index (κ1) is 30.8. The maximum Gasteiger partial charge on any atom is 0.435 e. The van der Waals surface area contributed by atoms with E-state index in [0.717, 1.165) is 22.9 Å². The zero-order valence-electron chi connectivity index (χ0n) is 23.4. The molecule has 0 unspecified atom stereocenters. The Morgan fingerprint density at radius 3 is 2.41 bits per heavy atom. The molecule has 2 heterocycles. The summed E-state index contributed by atoms with van der Waals surface area (Å²) in [6.07, 6.45) is -4.24. The number of ketones is 3. The van der Waals surface area contributed by atoms with Crippen molar-refractivity contribution in [3.05, 3.63) is 106 Å². The highest BCUT2D eigenvalue weighted by Gasteiger charge is 2.40. The van der Waals surface area contributed by atoms with Crippen LogP contribution in [0.25, 0.3) is 11.1 Å². The molecule has 44 heavy (non-hydrogen) atoms. The Kier molecular flexibility index (Phi) is 8.53. The highest BCUT2D eigenvalue weighted by molar-refractivity contribution is 5.95. The van der Waals surface area contributed by atoms with Crippen LogP contribution >= 0.6 is 0 Å². The third kappa shape index (κ3) is 6.63. The predicted molar refractivity (Wildman–Crippen MR) is 146 cm³/mol. The van der Waals surface area contributed by atoms with Gasteiger partial charge < -0.3 is 0 Å². The third-order valence-corrected chi connectivity index (χ3v) is 7.54. The van der Waals surface area contributed by atoms with Crippen molar-refractivity contribution in [2.45, 2.75) is 57.7 Å². The van der Waals surface area contributed by atoms with Crippen LogP contribution in [0.3, 0.4) is 0 Å². The molecule has 0 fully saturated rings. The molecule has 1 atom stereocenters. The van der Waals surface area contributed by atoms with Gasteiger partial charge in [-0.25, -0.2) is 13.2 Å². The zero-order chi connectivity index (χ0) is 31.8. The fourth-order valence-electron chi connectivity index (χ4n) is 5.63. The monoisotopic (exact) mass is 613 g/mol. The average molecular weight is 614 g/mol. The fraction of sp³-hybridized carbons (Fsp3) is 0.281. The molecule has 12 heteroatoms. The topological polar surface area (TPSA) is 81.9 Å². The normalized spacial score (nSPS) is 13.9. The van der Waals surface area contributed by atoms with E-state index in [4.69, 9.17) is 0 Å². The Labute approximate surface area is 247 Å². The number of fused-ring (bicyclic) bond motifs is 1. The SMILES string of the molecule is CC(=O)c1cc(-c2cccnc2[C@@H](CC(=O)Cn2nc(C(F)(F)F)c3c2CC(=O)CC3)Cc2cc(F)cc(F)c2)ccc1F. The average Bonchev–Trinajstić information content (AvgIpc) is 3.30. The fourth-order valence-corrected chi connectivity index (χ4v) is 5.63. The number of Topliss-reactive ketones (excluding diaryl/α,β-unsaturated/α-hetero) is 3. The van der Waals surface area contributed by atoms with Crippen LogP contribution in [-0.2, 0) is 41.6 Å². The molecule has 0 amide bonds. The van der Waals surface area contributed by atoms with Gasteiger partial charge in [-0.15, -0.1) is 0 Å². The van der Waals surface area contributed by atoms with Crippen molar-refractivity contribution in [2.24, 2.45) is 0 Å². The number of rotatable bonds is 9. The predicted octanol–water partition coefficient (Wildman–Crippen LogP) is 6.63. The van der Waals surface area contributed by atoms with Crippen LogP contribution in [-0.4, -0.2) is 32.1 Å². The van der Waals surface area contributed by atoms with Crippen LogP contribution in [0.1, 0.15) is 64.2 Å². The number of pyridine rings is 1. The van der Waals surface area contributed by atoms with Gasteiger partial charge in [0.25, 0.3) is 0 Å². The minimum Gasteiger partial charge on any atom is -0.299 e. The second kappa shape index (κ2) is 12.2. The summed E-state index contributed by atoms with van der Waals surface area (Å²) in [5, 5.41) is 3.66. The van der Waals surface area contributed by atoms with Crippen molar-refractivity contribution in [3.8, 4) is 11.1 Å². The van der Waals surface area contributed by atoms with Gasteiger partial charge in [-0.2, -0.15) is 18.3 Å². The summed E-state index contributed by atoms with van der Waals surface area (Å²) >= 11 is 0. The van der Waals surface area contributed by atoms with Gasteiger partial charge in [0.1, 0.15) is 23.2 Å². The number of nitrogens with zero attached hydrogens (tertiary/aromatic N) is 3. The molecule has 0 saturated carbocycles. The number of benzene rings is 2.